The van der Waals surface area contributed by atoms with E-state index < -0.39 is 17.6 Å². The molecule has 2 aromatic rings. The first kappa shape index (κ1) is 19.0. The van der Waals surface area contributed by atoms with E-state index in [0.717, 1.165) is 12.0 Å². The van der Waals surface area contributed by atoms with Crippen molar-refractivity contribution in [3.05, 3.63) is 50.1 Å². The fourth-order valence-electron chi connectivity index (χ4n) is 3.10. The van der Waals surface area contributed by atoms with Gasteiger partial charge in [0.2, 0.25) is 0 Å². The zero-order valence-corrected chi connectivity index (χ0v) is 16.5. The molecule has 1 aromatic heterocycles. The fraction of sp³-hybridized carbons (Fsp3) is 0.500. The molecule has 0 saturated carbocycles. The van der Waals surface area contributed by atoms with Crippen LogP contribution in [0.25, 0.3) is 0 Å². The summed E-state index contributed by atoms with van der Waals surface area (Å²) < 4.78 is 8.29. The summed E-state index contributed by atoms with van der Waals surface area (Å²) in [6.07, 6.45) is 2.00. The molecule has 2 heterocycles. The number of benzene rings is 1. The number of fused-ring (bicyclic) bond motifs is 1. The zero-order chi connectivity index (χ0) is 19.1. The van der Waals surface area contributed by atoms with Gasteiger partial charge in [-0.15, -0.1) is 0 Å². The quantitative estimate of drug-likeness (QED) is 0.741. The van der Waals surface area contributed by atoms with E-state index >= 15 is 0 Å². The van der Waals surface area contributed by atoms with Crippen molar-refractivity contribution < 1.29 is 9.53 Å². The Balaban J connectivity index is 1.92. The molecule has 26 heavy (non-hydrogen) atoms. The van der Waals surface area contributed by atoms with Gasteiger partial charge in [-0.2, -0.15) is 5.10 Å². The molecule has 0 amide bonds. The van der Waals surface area contributed by atoms with E-state index in [1.54, 1.807) is 18.2 Å². The minimum absolute atomic E-state index is 0.236. The Labute approximate surface area is 161 Å². The van der Waals surface area contributed by atoms with Crippen molar-refractivity contribution in [3.63, 3.8) is 0 Å². The average Bonchev–Trinajstić information content (AvgIpc) is 2.81. The summed E-state index contributed by atoms with van der Waals surface area (Å²) >= 11 is 12.0. The number of halogens is 2. The highest BCUT2D eigenvalue weighted by atomic mass is 35.5. The van der Waals surface area contributed by atoms with Gasteiger partial charge in [0, 0.05) is 16.5 Å². The Bertz CT molecular complexity index is 876. The molecule has 1 aliphatic heterocycles. The summed E-state index contributed by atoms with van der Waals surface area (Å²) in [6, 6.07) is 4.47. The molecular formula is C18H21Cl2N3O3. The van der Waals surface area contributed by atoms with Gasteiger partial charge in [0.05, 0.1) is 6.54 Å². The fourth-order valence-corrected chi connectivity index (χ4v) is 3.67. The van der Waals surface area contributed by atoms with E-state index in [-0.39, 0.29) is 12.2 Å². The summed E-state index contributed by atoms with van der Waals surface area (Å²) in [5.41, 5.74) is -0.160. The molecule has 1 aromatic carbocycles. The summed E-state index contributed by atoms with van der Waals surface area (Å²) in [5, 5.41) is 5.40. The SMILES string of the molecule is CC(C)(C)OC(=O)C1CCCc2nn(Cc3cc(Cl)cc(Cl)c3)c(=O)n21. The number of aryl methyl sites for hydroxylation is 1. The van der Waals surface area contributed by atoms with E-state index in [1.165, 1.54) is 9.25 Å². The number of hydrogen-bond acceptors (Lipinski definition) is 4. The Morgan fingerprint density at radius 2 is 1.92 bits per heavy atom. The number of nitrogens with zero attached hydrogens (tertiary/aromatic N) is 3. The first-order valence-electron chi connectivity index (χ1n) is 8.50. The van der Waals surface area contributed by atoms with Crippen LogP contribution in [0.15, 0.2) is 23.0 Å². The number of rotatable bonds is 3. The van der Waals surface area contributed by atoms with Gasteiger partial charge in [-0.05, 0) is 57.4 Å². The largest absolute Gasteiger partial charge is 0.458 e. The Morgan fingerprint density at radius 1 is 1.27 bits per heavy atom. The Morgan fingerprint density at radius 3 is 2.54 bits per heavy atom. The van der Waals surface area contributed by atoms with Crippen molar-refractivity contribution in [1.29, 1.82) is 0 Å². The van der Waals surface area contributed by atoms with Crippen LogP contribution in [0.1, 0.15) is 51.0 Å². The van der Waals surface area contributed by atoms with Crippen LogP contribution in [0.3, 0.4) is 0 Å². The van der Waals surface area contributed by atoms with Gasteiger partial charge in [-0.3, -0.25) is 4.57 Å². The van der Waals surface area contributed by atoms with Gasteiger partial charge in [-0.1, -0.05) is 23.2 Å². The van der Waals surface area contributed by atoms with Gasteiger partial charge < -0.3 is 4.74 Å². The summed E-state index contributed by atoms with van der Waals surface area (Å²) in [6.45, 7) is 5.66. The smallest absolute Gasteiger partial charge is 0.347 e. The van der Waals surface area contributed by atoms with Crippen molar-refractivity contribution in [2.75, 3.05) is 0 Å². The molecular weight excluding hydrogens is 377 g/mol. The van der Waals surface area contributed by atoms with Gasteiger partial charge in [-0.25, -0.2) is 14.3 Å². The van der Waals surface area contributed by atoms with Crippen molar-refractivity contribution in [3.8, 4) is 0 Å². The normalized spacial score (nSPS) is 17.0. The van der Waals surface area contributed by atoms with Crippen LogP contribution in [0.4, 0.5) is 0 Å². The maximum Gasteiger partial charge on any atom is 0.347 e. The third-order valence-corrected chi connectivity index (χ3v) is 4.50. The van der Waals surface area contributed by atoms with E-state index in [4.69, 9.17) is 27.9 Å². The second kappa shape index (κ2) is 7.08. The molecule has 0 saturated heterocycles. The van der Waals surface area contributed by atoms with Gasteiger partial charge in [0.25, 0.3) is 0 Å². The van der Waals surface area contributed by atoms with Crippen LogP contribution < -0.4 is 5.69 Å². The average molecular weight is 398 g/mol. The molecule has 8 heteroatoms. The monoisotopic (exact) mass is 397 g/mol. The maximum absolute atomic E-state index is 12.9. The van der Waals surface area contributed by atoms with Crippen LogP contribution in [0.2, 0.25) is 10.0 Å². The van der Waals surface area contributed by atoms with Crippen LogP contribution in [-0.2, 0) is 22.5 Å². The van der Waals surface area contributed by atoms with Crippen molar-refractivity contribution >= 4 is 29.2 Å². The lowest BCUT2D eigenvalue weighted by Gasteiger charge is -2.26. The second-order valence-electron chi connectivity index (χ2n) is 7.45. The van der Waals surface area contributed by atoms with Crippen LogP contribution in [0.5, 0.6) is 0 Å². The van der Waals surface area contributed by atoms with E-state index in [0.29, 0.717) is 28.7 Å². The molecule has 1 unspecified atom stereocenters. The van der Waals surface area contributed by atoms with Gasteiger partial charge >= 0.3 is 11.7 Å². The predicted molar refractivity (Wildman–Crippen MR) is 99.9 cm³/mol. The van der Waals surface area contributed by atoms with Crippen LogP contribution in [0, 0.1) is 0 Å². The summed E-state index contributed by atoms with van der Waals surface area (Å²) in [7, 11) is 0. The highest BCUT2D eigenvalue weighted by Gasteiger charge is 2.33. The van der Waals surface area contributed by atoms with Crippen molar-refractivity contribution in [2.24, 2.45) is 0 Å². The molecule has 0 spiro atoms. The number of hydrogen-bond donors (Lipinski definition) is 0. The minimum Gasteiger partial charge on any atom is -0.458 e. The number of ether oxygens (including phenoxy) is 1. The first-order chi connectivity index (χ1) is 12.1. The molecule has 140 valence electrons. The molecule has 1 atom stereocenters. The molecule has 0 bridgehead atoms. The van der Waals surface area contributed by atoms with Gasteiger partial charge in [0.15, 0.2) is 0 Å². The number of esters is 1. The first-order valence-corrected chi connectivity index (χ1v) is 9.26. The minimum atomic E-state index is -0.637. The van der Waals surface area contributed by atoms with Crippen LogP contribution in [-0.4, -0.2) is 25.9 Å². The highest BCUT2D eigenvalue weighted by Crippen LogP contribution is 2.25. The van der Waals surface area contributed by atoms with Crippen LogP contribution >= 0.6 is 23.2 Å². The van der Waals surface area contributed by atoms with Crippen molar-refractivity contribution in [2.45, 2.75) is 58.2 Å². The lowest BCUT2D eigenvalue weighted by atomic mass is 10.0. The molecule has 0 fully saturated rings. The molecule has 1 aliphatic rings. The molecule has 3 rings (SSSR count). The number of carbonyl (C=O) groups excluding carboxylic acids is 1. The molecule has 0 radical (unpaired) electrons. The lowest BCUT2D eigenvalue weighted by Crippen LogP contribution is -2.38. The number of aromatic nitrogens is 3. The standard InChI is InChI=1S/C18H21Cl2N3O3/c1-18(2,3)26-16(24)14-5-4-6-15-21-22(17(25)23(14)15)10-11-7-12(19)9-13(20)8-11/h7-9,14H,4-6,10H2,1-3H3. The lowest BCUT2D eigenvalue weighted by molar-refractivity contribution is -0.159. The maximum atomic E-state index is 12.9. The molecule has 0 aliphatic carbocycles. The Hall–Kier alpha value is -1.79. The van der Waals surface area contributed by atoms with E-state index in [2.05, 4.69) is 5.10 Å². The van der Waals surface area contributed by atoms with Crippen molar-refractivity contribution in [1.82, 2.24) is 14.3 Å². The summed E-state index contributed by atoms with van der Waals surface area (Å²) in [5.74, 6) is 0.205. The van der Waals surface area contributed by atoms with Gasteiger partial charge in [0.1, 0.15) is 17.5 Å². The van der Waals surface area contributed by atoms with E-state index in [1.807, 2.05) is 20.8 Å². The molecule has 0 N–H and O–H groups in total. The third kappa shape index (κ3) is 4.13. The zero-order valence-electron chi connectivity index (χ0n) is 15.0. The third-order valence-electron chi connectivity index (χ3n) is 4.06. The van der Waals surface area contributed by atoms with E-state index in [9.17, 15) is 9.59 Å². The second-order valence-corrected chi connectivity index (χ2v) is 8.32. The predicted octanol–water partition coefficient (Wildman–Crippen LogP) is 3.62. The highest BCUT2D eigenvalue weighted by molar-refractivity contribution is 6.34. The summed E-state index contributed by atoms with van der Waals surface area (Å²) in [4.78, 5) is 25.4. The topological polar surface area (TPSA) is 66.1 Å². The Kier molecular flexibility index (Phi) is 5.17. The molecule has 6 nitrogen and oxygen atoms in total. The number of carbonyl (C=O) groups is 1.